The third-order valence-corrected chi connectivity index (χ3v) is 3.36. The molecule has 4 nitrogen and oxygen atoms in total. The molecule has 1 unspecified atom stereocenters. The summed E-state index contributed by atoms with van der Waals surface area (Å²) < 4.78 is 0. The average molecular weight is 418 g/mol. The normalized spacial score (nSPS) is 13.2. The van der Waals surface area contributed by atoms with E-state index in [1.165, 1.54) is 12.0 Å². The lowest BCUT2D eigenvalue weighted by Gasteiger charge is -2.23. The molecule has 5 heteroatoms. The fourth-order valence-corrected chi connectivity index (χ4v) is 2.02. The zero-order valence-electron chi connectivity index (χ0n) is 14.5. The molecule has 0 amide bonds. The molecular formula is C17H31IN4. The van der Waals surface area contributed by atoms with Crippen LogP contribution in [-0.2, 0) is 6.42 Å². The molecule has 0 saturated carbocycles. The van der Waals surface area contributed by atoms with Gasteiger partial charge in [-0.3, -0.25) is 9.98 Å². The van der Waals surface area contributed by atoms with E-state index in [1.54, 1.807) is 6.20 Å². The zero-order chi connectivity index (χ0) is 15.7. The third-order valence-electron chi connectivity index (χ3n) is 3.36. The van der Waals surface area contributed by atoms with Gasteiger partial charge in [-0.25, -0.2) is 0 Å². The molecule has 2 N–H and O–H groups in total. The maximum absolute atomic E-state index is 4.28. The summed E-state index contributed by atoms with van der Waals surface area (Å²) in [6.45, 7) is 9.90. The van der Waals surface area contributed by atoms with Crippen LogP contribution in [0, 0.1) is 5.41 Å². The Balaban J connectivity index is 0.00000441. The topological polar surface area (TPSA) is 49.3 Å². The summed E-state index contributed by atoms with van der Waals surface area (Å²) >= 11 is 0. The van der Waals surface area contributed by atoms with E-state index in [-0.39, 0.29) is 24.0 Å². The van der Waals surface area contributed by atoms with Crippen LogP contribution in [0.15, 0.2) is 29.5 Å². The van der Waals surface area contributed by atoms with Crippen molar-refractivity contribution in [2.24, 2.45) is 10.4 Å². The van der Waals surface area contributed by atoms with Gasteiger partial charge in [0.2, 0.25) is 0 Å². The number of halogens is 1. The quantitative estimate of drug-likeness (QED) is 0.422. The Morgan fingerprint density at radius 2 is 2.09 bits per heavy atom. The number of nitrogens with one attached hydrogen (secondary N) is 2. The van der Waals surface area contributed by atoms with Gasteiger partial charge in [-0.2, -0.15) is 0 Å². The van der Waals surface area contributed by atoms with Crippen molar-refractivity contribution in [1.29, 1.82) is 0 Å². The summed E-state index contributed by atoms with van der Waals surface area (Å²) in [7, 11) is 1.82. The molecule has 1 atom stereocenters. The van der Waals surface area contributed by atoms with E-state index in [1.807, 2.05) is 19.3 Å². The minimum atomic E-state index is 0. The van der Waals surface area contributed by atoms with E-state index in [2.05, 4.69) is 54.4 Å². The van der Waals surface area contributed by atoms with Gasteiger partial charge in [0.1, 0.15) is 0 Å². The lowest BCUT2D eigenvalue weighted by molar-refractivity contribution is 0.346. The first-order valence-corrected chi connectivity index (χ1v) is 7.77. The molecule has 1 heterocycles. The lowest BCUT2D eigenvalue weighted by atomic mass is 9.89. The maximum Gasteiger partial charge on any atom is 0.191 e. The standard InChI is InChI=1S/C17H30N4.HI/c1-14(8-10-17(2,3)4)21-16(18-5)20-12-9-15-7-6-11-19-13-15;/h6-7,11,13-14H,8-10,12H2,1-5H3,(H2,18,20,21);1H. The number of nitrogens with zero attached hydrogens (tertiary/aromatic N) is 2. The van der Waals surface area contributed by atoms with Gasteiger partial charge in [-0.1, -0.05) is 26.8 Å². The van der Waals surface area contributed by atoms with Gasteiger partial charge < -0.3 is 10.6 Å². The summed E-state index contributed by atoms with van der Waals surface area (Å²) in [5.41, 5.74) is 1.62. The Morgan fingerprint density at radius 3 is 2.64 bits per heavy atom. The molecule has 126 valence electrons. The molecule has 0 radical (unpaired) electrons. The van der Waals surface area contributed by atoms with Crippen LogP contribution < -0.4 is 10.6 Å². The smallest absolute Gasteiger partial charge is 0.191 e. The van der Waals surface area contributed by atoms with Crippen molar-refractivity contribution in [1.82, 2.24) is 15.6 Å². The van der Waals surface area contributed by atoms with E-state index in [0.717, 1.165) is 25.3 Å². The van der Waals surface area contributed by atoms with Crippen LogP contribution in [0.3, 0.4) is 0 Å². The molecule has 0 aliphatic rings. The van der Waals surface area contributed by atoms with E-state index in [9.17, 15) is 0 Å². The minimum absolute atomic E-state index is 0. The van der Waals surface area contributed by atoms with Gasteiger partial charge in [-0.15, -0.1) is 24.0 Å². The molecule has 1 rings (SSSR count). The summed E-state index contributed by atoms with van der Waals surface area (Å²) in [5, 5.41) is 6.81. The highest BCUT2D eigenvalue weighted by molar-refractivity contribution is 14.0. The second-order valence-electron chi connectivity index (χ2n) is 6.75. The van der Waals surface area contributed by atoms with Crippen molar-refractivity contribution in [3.63, 3.8) is 0 Å². The second kappa shape index (κ2) is 10.8. The van der Waals surface area contributed by atoms with Crippen molar-refractivity contribution >= 4 is 29.9 Å². The van der Waals surface area contributed by atoms with Gasteiger partial charge >= 0.3 is 0 Å². The molecule has 22 heavy (non-hydrogen) atoms. The molecule has 1 aromatic rings. The third kappa shape index (κ3) is 9.97. The molecule has 1 aromatic heterocycles. The number of hydrogen-bond acceptors (Lipinski definition) is 2. The van der Waals surface area contributed by atoms with Crippen LogP contribution in [0.4, 0.5) is 0 Å². The van der Waals surface area contributed by atoms with E-state index >= 15 is 0 Å². The Labute approximate surface area is 152 Å². The van der Waals surface area contributed by atoms with E-state index in [4.69, 9.17) is 0 Å². The Bertz CT molecular complexity index is 426. The summed E-state index contributed by atoms with van der Waals surface area (Å²) in [5.74, 6) is 0.875. The summed E-state index contributed by atoms with van der Waals surface area (Å²) in [6.07, 6.45) is 7.00. The Morgan fingerprint density at radius 1 is 1.36 bits per heavy atom. The minimum Gasteiger partial charge on any atom is -0.356 e. The van der Waals surface area contributed by atoms with E-state index in [0.29, 0.717) is 11.5 Å². The van der Waals surface area contributed by atoms with Gasteiger partial charge in [0.15, 0.2) is 5.96 Å². The molecule has 0 aromatic carbocycles. The van der Waals surface area contributed by atoms with Crippen LogP contribution in [0.1, 0.15) is 46.1 Å². The molecule has 0 fully saturated rings. The first-order valence-electron chi connectivity index (χ1n) is 7.77. The van der Waals surface area contributed by atoms with Crippen LogP contribution in [0.5, 0.6) is 0 Å². The van der Waals surface area contributed by atoms with E-state index < -0.39 is 0 Å². The van der Waals surface area contributed by atoms with Gasteiger partial charge in [0.05, 0.1) is 0 Å². The average Bonchev–Trinajstić information content (AvgIpc) is 2.44. The Kier molecular flexibility index (Phi) is 10.4. The predicted molar refractivity (Wildman–Crippen MR) is 106 cm³/mol. The summed E-state index contributed by atoms with van der Waals surface area (Å²) in [6, 6.07) is 4.49. The second-order valence-corrected chi connectivity index (χ2v) is 6.75. The van der Waals surface area contributed by atoms with Crippen LogP contribution in [0.2, 0.25) is 0 Å². The highest BCUT2D eigenvalue weighted by Crippen LogP contribution is 2.21. The number of aromatic nitrogens is 1. The molecule has 0 bridgehead atoms. The first-order chi connectivity index (χ1) is 9.90. The van der Waals surface area contributed by atoms with Gasteiger partial charge in [0, 0.05) is 32.0 Å². The molecule has 0 aliphatic heterocycles. The fourth-order valence-electron chi connectivity index (χ4n) is 2.02. The number of rotatable bonds is 6. The first kappa shape index (κ1) is 21.1. The monoisotopic (exact) mass is 418 g/mol. The Hall–Kier alpha value is -0.850. The largest absolute Gasteiger partial charge is 0.356 e. The van der Waals surface area contributed by atoms with Crippen molar-refractivity contribution in [3.05, 3.63) is 30.1 Å². The molecular weight excluding hydrogens is 387 g/mol. The van der Waals surface area contributed by atoms with Crippen LogP contribution >= 0.6 is 24.0 Å². The summed E-state index contributed by atoms with van der Waals surface area (Å²) in [4.78, 5) is 8.41. The van der Waals surface area contributed by atoms with Crippen molar-refractivity contribution in [2.75, 3.05) is 13.6 Å². The van der Waals surface area contributed by atoms with Crippen molar-refractivity contribution in [3.8, 4) is 0 Å². The fraction of sp³-hybridized carbons (Fsp3) is 0.647. The molecule has 0 saturated heterocycles. The number of aliphatic imine (C=N–C) groups is 1. The van der Waals surface area contributed by atoms with Gasteiger partial charge in [0.25, 0.3) is 0 Å². The number of pyridine rings is 1. The maximum atomic E-state index is 4.28. The molecule has 0 spiro atoms. The highest BCUT2D eigenvalue weighted by atomic mass is 127. The van der Waals surface area contributed by atoms with Crippen molar-refractivity contribution < 1.29 is 0 Å². The molecule has 0 aliphatic carbocycles. The SMILES string of the molecule is CN=C(NCCc1cccnc1)NC(C)CCC(C)(C)C.I. The zero-order valence-corrected chi connectivity index (χ0v) is 16.8. The highest BCUT2D eigenvalue weighted by Gasteiger charge is 2.13. The predicted octanol–water partition coefficient (Wildman–Crippen LogP) is 3.62. The van der Waals surface area contributed by atoms with Gasteiger partial charge in [-0.05, 0) is 43.2 Å². The van der Waals surface area contributed by atoms with Crippen LogP contribution in [0.25, 0.3) is 0 Å². The number of guanidine groups is 1. The lowest BCUT2D eigenvalue weighted by Crippen LogP contribution is -2.43. The van der Waals surface area contributed by atoms with Crippen molar-refractivity contribution in [2.45, 2.75) is 53.0 Å². The number of hydrogen-bond donors (Lipinski definition) is 2. The van der Waals surface area contributed by atoms with Crippen LogP contribution in [-0.4, -0.2) is 30.6 Å².